The summed E-state index contributed by atoms with van der Waals surface area (Å²) in [5, 5.41) is 3.49. The van der Waals surface area contributed by atoms with Gasteiger partial charge in [0.25, 0.3) is 0 Å². The molecule has 3 nitrogen and oxygen atoms in total. The van der Waals surface area contributed by atoms with E-state index in [1.165, 1.54) is 43.4 Å². The first-order valence-electron chi connectivity index (χ1n) is 7.57. The molecule has 1 fully saturated rings. The Hall–Kier alpha value is -1.09. The van der Waals surface area contributed by atoms with Crippen LogP contribution in [0.1, 0.15) is 51.5 Å². The van der Waals surface area contributed by atoms with Gasteiger partial charge in [-0.15, -0.1) is 0 Å². The summed E-state index contributed by atoms with van der Waals surface area (Å²) in [6.45, 7) is 5.26. The van der Waals surface area contributed by atoms with Gasteiger partial charge in [-0.05, 0) is 18.9 Å². The molecule has 3 heteroatoms. The molecule has 0 saturated heterocycles. The van der Waals surface area contributed by atoms with Gasteiger partial charge >= 0.3 is 0 Å². The van der Waals surface area contributed by atoms with Crippen molar-refractivity contribution in [1.29, 1.82) is 0 Å². The molecule has 0 bridgehead atoms. The minimum absolute atomic E-state index is 0.507. The lowest BCUT2D eigenvalue weighted by Crippen LogP contribution is -2.34. The lowest BCUT2D eigenvalue weighted by Gasteiger charge is -2.34. The largest absolute Gasteiger partial charge is 0.371 e. The highest BCUT2D eigenvalue weighted by Crippen LogP contribution is 2.27. The number of anilines is 1. The van der Waals surface area contributed by atoms with Crippen LogP contribution in [0, 0.1) is 0 Å². The number of rotatable bonds is 5. The van der Waals surface area contributed by atoms with Crippen molar-refractivity contribution in [2.45, 2.75) is 64.6 Å². The topological polar surface area (TPSA) is 28.2 Å². The van der Waals surface area contributed by atoms with Crippen molar-refractivity contribution >= 4 is 5.69 Å². The number of aromatic nitrogens is 1. The lowest BCUT2D eigenvalue weighted by molar-refractivity contribution is 0.426. The quantitative estimate of drug-likeness (QED) is 0.881. The minimum atomic E-state index is 0.507. The van der Waals surface area contributed by atoms with Crippen molar-refractivity contribution in [2.24, 2.45) is 0 Å². The Labute approximate surface area is 117 Å². The molecule has 1 heterocycles. The standard InChI is InChI=1S/C16H27N3/c1-13(2)18-12-14-11-17-10-9-16(14)19(3)15-7-5-4-6-8-15/h9-11,13,15,18H,4-8,12H2,1-3H3. The number of pyridine rings is 1. The number of nitrogens with zero attached hydrogens (tertiary/aromatic N) is 2. The molecule has 19 heavy (non-hydrogen) atoms. The van der Waals surface area contributed by atoms with Crippen LogP contribution in [0.5, 0.6) is 0 Å². The molecule has 0 aliphatic heterocycles. The third-order valence-electron chi connectivity index (χ3n) is 4.08. The summed E-state index contributed by atoms with van der Waals surface area (Å²) in [6, 6.07) is 3.37. The lowest BCUT2D eigenvalue weighted by atomic mass is 9.94. The predicted octanol–water partition coefficient (Wildman–Crippen LogP) is 3.35. The number of nitrogens with one attached hydrogen (secondary N) is 1. The van der Waals surface area contributed by atoms with Crippen molar-refractivity contribution in [2.75, 3.05) is 11.9 Å². The van der Waals surface area contributed by atoms with Crippen LogP contribution in [0.4, 0.5) is 5.69 Å². The van der Waals surface area contributed by atoms with E-state index in [-0.39, 0.29) is 0 Å². The third-order valence-corrected chi connectivity index (χ3v) is 4.08. The second-order valence-corrected chi connectivity index (χ2v) is 5.94. The summed E-state index contributed by atoms with van der Waals surface area (Å²) in [7, 11) is 2.24. The molecule has 106 valence electrons. The maximum Gasteiger partial charge on any atom is 0.0442 e. The van der Waals surface area contributed by atoms with Crippen LogP contribution >= 0.6 is 0 Å². The molecule has 0 unspecified atom stereocenters. The normalized spacial score (nSPS) is 16.8. The summed E-state index contributed by atoms with van der Waals surface area (Å²) >= 11 is 0. The van der Waals surface area contributed by atoms with Gasteiger partial charge in [-0.3, -0.25) is 4.98 Å². The Kier molecular flexibility index (Phi) is 5.20. The summed E-state index contributed by atoms with van der Waals surface area (Å²) in [4.78, 5) is 6.75. The van der Waals surface area contributed by atoms with Crippen molar-refractivity contribution < 1.29 is 0 Å². The second-order valence-electron chi connectivity index (χ2n) is 5.94. The SMILES string of the molecule is CC(C)NCc1cnccc1N(C)C1CCCCC1. The van der Waals surface area contributed by atoms with Gasteiger partial charge in [0, 0.05) is 49.3 Å². The van der Waals surface area contributed by atoms with E-state index in [0.29, 0.717) is 12.1 Å². The average Bonchev–Trinajstić information content (AvgIpc) is 2.45. The van der Waals surface area contributed by atoms with Crippen molar-refractivity contribution in [3.63, 3.8) is 0 Å². The van der Waals surface area contributed by atoms with Crippen LogP contribution in [0.25, 0.3) is 0 Å². The zero-order chi connectivity index (χ0) is 13.7. The second kappa shape index (κ2) is 6.90. The zero-order valence-corrected chi connectivity index (χ0v) is 12.5. The summed E-state index contributed by atoms with van der Waals surface area (Å²) in [5.74, 6) is 0. The molecule has 1 aliphatic rings. The Bertz CT molecular complexity index is 383. The molecule has 2 rings (SSSR count). The van der Waals surface area contributed by atoms with Gasteiger partial charge in [0.2, 0.25) is 0 Å². The molecular weight excluding hydrogens is 234 g/mol. The van der Waals surface area contributed by atoms with Crippen LogP contribution in [-0.4, -0.2) is 24.1 Å². The molecule has 1 aliphatic carbocycles. The molecule has 0 aromatic carbocycles. The summed E-state index contributed by atoms with van der Waals surface area (Å²) in [6.07, 6.45) is 10.7. The van der Waals surface area contributed by atoms with E-state index in [1.54, 1.807) is 0 Å². The molecular formula is C16H27N3. The van der Waals surface area contributed by atoms with Crippen LogP contribution < -0.4 is 10.2 Å². The van der Waals surface area contributed by atoms with Gasteiger partial charge < -0.3 is 10.2 Å². The molecule has 1 aromatic rings. The Morgan fingerprint density at radius 2 is 2.05 bits per heavy atom. The van der Waals surface area contributed by atoms with Gasteiger partial charge in [-0.25, -0.2) is 0 Å². The van der Waals surface area contributed by atoms with E-state index in [1.807, 2.05) is 12.4 Å². The molecule has 0 amide bonds. The van der Waals surface area contributed by atoms with E-state index in [4.69, 9.17) is 0 Å². The van der Waals surface area contributed by atoms with Gasteiger partial charge in [-0.2, -0.15) is 0 Å². The van der Waals surface area contributed by atoms with Crippen molar-refractivity contribution in [3.05, 3.63) is 24.0 Å². The first kappa shape index (κ1) is 14.3. The first-order valence-corrected chi connectivity index (χ1v) is 7.57. The fraction of sp³-hybridized carbons (Fsp3) is 0.688. The van der Waals surface area contributed by atoms with Gasteiger partial charge in [0.05, 0.1) is 0 Å². The first-order chi connectivity index (χ1) is 9.18. The third kappa shape index (κ3) is 3.93. The molecule has 0 spiro atoms. The van der Waals surface area contributed by atoms with E-state index in [2.05, 4.69) is 42.2 Å². The van der Waals surface area contributed by atoms with Crippen LogP contribution in [0.3, 0.4) is 0 Å². The Morgan fingerprint density at radius 3 is 2.74 bits per heavy atom. The number of hydrogen-bond acceptors (Lipinski definition) is 3. The summed E-state index contributed by atoms with van der Waals surface area (Å²) in [5.41, 5.74) is 2.65. The maximum atomic E-state index is 4.28. The molecule has 1 N–H and O–H groups in total. The van der Waals surface area contributed by atoms with Crippen LogP contribution in [0.2, 0.25) is 0 Å². The van der Waals surface area contributed by atoms with Gasteiger partial charge in [0.1, 0.15) is 0 Å². The molecule has 1 aromatic heterocycles. The number of hydrogen-bond donors (Lipinski definition) is 1. The minimum Gasteiger partial charge on any atom is -0.371 e. The highest BCUT2D eigenvalue weighted by molar-refractivity contribution is 5.52. The maximum absolute atomic E-state index is 4.28. The van der Waals surface area contributed by atoms with Crippen molar-refractivity contribution in [1.82, 2.24) is 10.3 Å². The Balaban J connectivity index is 2.08. The van der Waals surface area contributed by atoms with E-state index < -0.39 is 0 Å². The fourth-order valence-electron chi connectivity index (χ4n) is 2.88. The average molecular weight is 261 g/mol. The molecule has 1 saturated carbocycles. The predicted molar refractivity (Wildman–Crippen MR) is 81.5 cm³/mol. The van der Waals surface area contributed by atoms with E-state index in [0.717, 1.165) is 6.54 Å². The summed E-state index contributed by atoms with van der Waals surface area (Å²) < 4.78 is 0. The highest BCUT2D eigenvalue weighted by atomic mass is 15.1. The highest BCUT2D eigenvalue weighted by Gasteiger charge is 2.20. The zero-order valence-electron chi connectivity index (χ0n) is 12.5. The van der Waals surface area contributed by atoms with Crippen LogP contribution in [-0.2, 0) is 6.54 Å². The smallest absolute Gasteiger partial charge is 0.0442 e. The fourth-order valence-corrected chi connectivity index (χ4v) is 2.88. The Morgan fingerprint density at radius 1 is 1.32 bits per heavy atom. The van der Waals surface area contributed by atoms with Gasteiger partial charge in [0.15, 0.2) is 0 Å². The van der Waals surface area contributed by atoms with Crippen LogP contribution in [0.15, 0.2) is 18.5 Å². The van der Waals surface area contributed by atoms with Gasteiger partial charge in [-0.1, -0.05) is 33.1 Å². The van der Waals surface area contributed by atoms with E-state index >= 15 is 0 Å². The molecule has 0 radical (unpaired) electrons. The molecule has 0 atom stereocenters. The monoisotopic (exact) mass is 261 g/mol. The van der Waals surface area contributed by atoms with E-state index in [9.17, 15) is 0 Å². The van der Waals surface area contributed by atoms with Crippen molar-refractivity contribution in [3.8, 4) is 0 Å².